The maximum atomic E-state index is 12.9. The molecule has 30 heavy (non-hydrogen) atoms. The summed E-state index contributed by atoms with van der Waals surface area (Å²) in [7, 11) is 0. The average Bonchev–Trinajstić information content (AvgIpc) is 3.16. The van der Waals surface area contributed by atoms with Crippen LogP contribution in [0, 0.1) is 0 Å². The highest BCUT2D eigenvalue weighted by molar-refractivity contribution is 5.30. The van der Waals surface area contributed by atoms with Crippen LogP contribution in [0.4, 0.5) is 13.2 Å². The van der Waals surface area contributed by atoms with Crippen molar-refractivity contribution in [3.63, 3.8) is 0 Å². The summed E-state index contributed by atoms with van der Waals surface area (Å²) in [5.41, 5.74) is -0.161. The maximum Gasteiger partial charge on any atom is 0.416 e. The number of nitrogens with one attached hydrogen (secondary N) is 1. The molecule has 1 aliphatic rings. The molecule has 1 aromatic carbocycles. The number of alkyl halides is 3. The van der Waals surface area contributed by atoms with Crippen molar-refractivity contribution in [1.29, 1.82) is 0 Å². The van der Waals surface area contributed by atoms with Crippen LogP contribution in [0.2, 0.25) is 0 Å². The Morgan fingerprint density at radius 2 is 1.93 bits per heavy atom. The van der Waals surface area contributed by atoms with Crippen molar-refractivity contribution in [3.05, 3.63) is 71.3 Å². The first-order valence-electron chi connectivity index (χ1n) is 9.56. The fourth-order valence-corrected chi connectivity index (χ4v) is 3.92. The number of nitrogens with zero attached hydrogens (tertiary/aromatic N) is 5. The minimum Gasteiger partial charge on any atom is -0.385 e. The molecule has 10 heteroatoms. The summed E-state index contributed by atoms with van der Waals surface area (Å²) in [5, 5.41) is 30.9. The van der Waals surface area contributed by atoms with Gasteiger partial charge in [0.25, 0.3) is 0 Å². The van der Waals surface area contributed by atoms with Crippen molar-refractivity contribution in [3.8, 4) is 0 Å². The summed E-state index contributed by atoms with van der Waals surface area (Å²) in [4.78, 5) is 0. The van der Waals surface area contributed by atoms with Gasteiger partial charge in [0, 0.05) is 18.7 Å². The minimum atomic E-state index is -4.41. The van der Waals surface area contributed by atoms with Crippen molar-refractivity contribution in [2.75, 3.05) is 0 Å². The van der Waals surface area contributed by atoms with Gasteiger partial charge in [-0.25, -0.2) is 4.68 Å². The molecule has 0 saturated carbocycles. The Morgan fingerprint density at radius 3 is 2.60 bits per heavy atom. The van der Waals surface area contributed by atoms with Crippen molar-refractivity contribution in [2.45, 2.75) is 50.2 Å². The lowest BCUT2D eigenvalue weighted by molar-refractivity contribution is -0.137. The molecule has 3 aromatic rings. The molecule has 1 aliphatic heterocycles. The van der Waals surface area contributed by atoms with E-state index in [4.69, 9.17) is 0 Å². The molecule has 3 heterocycles. The van der Waals surface area contributed by atoms with Gasteiger partial charge in [0.1, 0.15) is 0 Å². The number of hydrogen-bond donors (Lipinski definition) is 2. The molecular formula is C20H21F3N6O. The number of aromatic nitrogens is 5. The topological polar surface area (TPSA) is 88.8 Å². The van der Waals surface area contributed by atoms with Gasteiger partial charge < -0.3 is 10.4 Å². The van der Waals surface area contributed by atoms with Gasteiger partial charge in [0.2, 0.25) is 0 Å². The summed E-state index contributed by atoms with van der Waals surface area (Å²) in [6, 6.07) is 7.97. The molecule has 7 nitrogen and oxygen atoms in total. The fraction of sp³-hybridized carbons (Fsp3) is 0.400. The summed E-state index contributed by atoms with van der Waals surface area (Å²) in [6.45, 7) is 2.33. The molecule has 0 radical (unpaired) electrons. The van der Waals surface area contributed by atoms with E-state index in [9.17, 15) is 18.3 Å². The van der Waals surface area contributed by atoms with Crippen LogP contribution in [0.25, 0.3) is 0 Å². The zero-order chi connectivity index (χ0) is 21.4. The molecule has 4 rings (SSSR count). The fourth-order valence-electron chi connectivity index (χ4n) is 3.92. The van der Waals surface area contributed by atoms with E-state index in [-0.39, 0.29) is 18.5 Å². The highest BCUT2D eigenvalue weighted by Crippen LogP contribution is 2.40. The molecule has 0 aliphatic carbocycles. The molecule has 2 N–H and O–H groups in total. The first-order chi connectivity index (χ1) is 14.2. The highest BCUT2D eigenvalue weighted by Gasteiger charge is 2.41. The van der Waals surface area contributed by atoms with Gasteiger partial charge in [-0.1, -0.05) is 17.3 Å². The van der Waals surface area contributed by atoms with Gasteiger partial charge in [-0.2, -0.15) is 23.4 Å². The second-order valence-corrected chi connectivity index (χ2v) is 7.69. The van der Waals surface area contributed by atoms with E-state index in [2.05, 4.69) is 25.8 Å². The lowest BCUT2D eigenvalue weighted by Crippen LogP contribution is -2.47. The monoisotopic (exact) mass is 418 g/mol. The quantitative estimate of drug-likeness (QED) is 0.678. The third kappa shape index (κ3) is 4.34. The van der Waals surface area contributed by atoms with Gasteiger partial charge in [0.05, 0.1) is 41.3 Å². The van der Waals surface area contributed by atoms with Gasteiger partial charge in [0.15, 0.2) is 0 Å². The van der Waals surface area contributed by atoms with Crippen molar-refractivity contribution in [1.82, 2.24) is 30.5 Å². The maximum absolute atomic E-state index is 12.9. The Hall–Kier alpha value is -2.85. The number of piperidine rings is 1. The Balaban J connectivity index is 1.53. The lowest BCUT2D eigenvalue weighted by atomic mass is 9.78. The first-order valence-corrected chi connectivity index (χ1v) is 9.56. The van der Waals surface area contributed by atoms with E-state index < -0.39 is 17.3 Å². The second-order valence-electron chi connectivity index (χ2n) is 7.69. The van der Waals surface area contributed by atoms with Crippen LogP contribution >= 0.6 is 0 Å². The number of rotatable bonds is 4. The van der Waals surface area contributed by atoms with Gasteiger partial charge >= 0.3 is 6.18 Å². The van der Waals surface area contributed by atoms with Gasteiger partial charge in [-0.05, 0) is 43.2 Å². The third-order valence-corrected chi connectivity index (χ3v) is 5.29. The Morgan fingerprint density at radius 1 is 1.17 bits per heavy atom. The third-order valence-electron chi connectivity index (χ3n) is 5.29. The molecule has 1 fully saturated rings. The van der Waals surface area contributed by atoms with E-state index in [1.807, 2.05) is 13.0 Å². The SMILES string of the molecule is C[C@H]1CC(O)(c2ccc(C(F)(F)F)cc2)C[C@@H](c2cn(Cc3cccnn3)nn2)N1. The lowest BCUT2D eigenvalue weighted by Gasteiger charge is -2.40. The van der Waals surface area contributed by atoms with Crippen molar-refractivity contribution >= 4 is 0 Å². The van der Waals surface area contributed by atoms with Crippen LogP contribution in [0.3, 0.4) is 0 Å². The normalized spacial score (nSPS) is 24.7. The molecule has 1 unspecified atom stereocenters. The van der Waals surface area contributed by atoms with E-state index in [0.717, 1.165) is 17.8 Å². The predicted octanol–water partition coefficient (Wildman–Crippen LogP) is 2.84. The molecule has 3 atom stereocenters. The summed E-state index contributed by atoms with van der Waals surface area (Å²) < 4.78 is 40.2. The molecule has 0 bridgehead atoms. The Labute approximate surface area is 171 Å². The summed E-state index contributed by atoms with van der Waals surface area (Å²) in [5.74, 6) is 0. The zero-order valence-corrected chi connectivity index (χ0v) is 16.2. The minimum absolute atomic E-state index is 0.0683. The van der Waals surface area contributed by atoms with Crippen LogP contribution in [0.5, 0.6) is 0 Å². The van der Waals surface area contributed by atoms with Crippen LogP contribution in [-0.4, -0.2) is 36.3 Å². The highest BCUT2D eigenvalue weighted by atomic mass is 19.4. The predicted molar refractivity (Wildman–Crippen MR) is 101 cm³/mol. The molecule has 0 spiro atoms. The van der Waals surface area contributed by atoms with E-state index in [1.54, 1.807) is 23.1 Å². The molecule has 2 aromatic heterocycles. The standard InChI is InChI=1S/C20H21F3N6O/c1-13-9-19(30,14-4-6-15(7-5-14)20(21,22)23)10-17(25-13)18-12-29(28-27-18)11-16-3-2-8-24-26-16/h2-8,12-13,17,25,30H,9-11H2,1H3/t13-,17-,19?/m0/s1. The molecular weight excluding hydrogens is 397 g/mol. The smallest absolute Gasteiger partial charge is 0.385 e. The summed E-state index contributed by atoms with van der Waals surface area (Å²) >= 11 is 0. The van der Waals surface area contributed by atoms with Gasteiger partial charge in [-0.3, -0.25) is 0 Å². The van der Waals surface area contributed by atoms with Crippen LogP contribution < -0.4 is 5.32 Å². The number of benzene rings is 1. The largest absolute Gasteiger partial charge is 0.416 e. The first kappa shape index (κ1) is 20.4. The number of hydrogen-bond acceptors (Lipinski definition) is 6. The number of halogens is 3. The Bertz CT molecular complexity index is 992. The Kier molecular flexibility index (Phi) is 5.29. The summed E-state index contributed by atoms with van der Waals surface area (Å²) in [6.07, 6.45) is -0.398. The molecule has 158 valence electrons. The van der Waals surface area contributed by atoms with E-state index in [1.165, 1.54) is 12.1 Å². The van der Waals surface area contributed by atoms with E-state index >= 15 is 0 Å². The average molecular weight is 418 g/mol. The number of aliphatic hydroxyl groups is 1. The molecule has 1 saturated heterocycles. The van der Waals surface area contributed by atoms with Crippen LogP contribution in [0.15, 0.2) is 48.8 Å². The zero-order valence-electron chi connectivity index (χ0n) is 16.2. The van der Waals surface area contributed by atoms with Crippen molar-refractivity contribution in [2.24, 2.45) is 0 Å². The molecule has 0 amide bonds. The van der Waals surface area contributed by atoms with Gasteiger partial charge in [-0.15, -0.1) is 5.10 Å². The van der Waals surface area contributed by atoms with Crippen LogP contribution in [0.1, 0.15) is 48.3 Å². The van der Waals surface area contributed by atoms with E-state index in [0.29, 0.717) is 24.2 Å². The van der Waals surface area contributed by atoms with Crippen LogP contribution in [-0.2, 0) is 18.3 Å². The van der Waals surface area contributed by atoms with Crippen molar-refractivity contribution < 1.29 is 18.3 Å². The second kappa shape index (κ2) is 7.77.